The van der Waals surface area contributed by atoms with Crippen molar-refractivity contribution in [1.82, 2.24) is 30.4 Å². The van der Waals surface area contributed by atoms with Gasteiger partial charge in [0.05, 0.1) is 11.0 Å². The molecular formula is C52H70N6. The van der Waals surface area contributed by atoms with Gasteiger partial charge >= 0.3 is 0 Å². The van der Waals surface area contributed by atoms with Gasteiger partial charge in [-0.15, -0.1) is 0 Å². The highest BCUT2D eigenvalue weighted by Crippen LogP contribution is 2.34. The van der Waals surface area contributed by atoms with Crippen molar-refractivity contribution >= 4 is 43.6 Å². The highest BCUT2D eigenvalue weighted by Gasteiger charge is 2.16. The number of benzene rings is 4. The smallest absolute Gasteiger partial charge is 0.0958 e. The molecule has 0 atom stereocenters. The van der Waals surface area contributed by atoms with Crippen LogP contribution in [0.5, 0.6) is 0 Å². The summed E-state index contributed by atoms with van der Waals surface area (Å²) in [6.45, 7) is 47.9. The molecule has 0 spiro atoms. The number of H-pyrrole nitrogens is 4. The third-order valence-corrected chi connectivity index (χ3v) is 14.6. The molecule has 8 aromatic rings. The van der Waals surface area contributed by atoms with E-state index in [1.54, 1.807) is 0 Å². The van der Waals surface area contributed by atoms with E-state index in [1.165, 1.54) is 155 Å². The maximum Gasteiger partial charge on any atom is 0.0958 e. The number of hydrogen-bond donors (Lipinski definition) is 4. The van der Waals surface area contributed by atoms with Gasteiger partial charge in [-0.1, -0.05) is 0 Å². The minimum atomic E-state index is 1.13. The van der Waals surface area contributed by atoms with Gasteiger partial charge in [0.1, 0.15) is 0 Å². The van der Waals surface area contributed by atoms with Crippen LogP contribution in [-0.4, -0.2) is 30.4 Å². The SMILES string of the molecule is Cc1[nH]c2c(C)c(C)c(C)c(C)c2c1C.Cc1[nH]c2c(C)c(C)c(C)c(C)c2c1C.Cc1c(C)c(C)c2c(C)[nH]nc2c1C.Cc1c(C)c(C)c2c(C)[nH]nc2c1C. The molecule has 8 rings (SSSR count). The van der Waals surface area contributed by atoms with Gasteiger partial charge < -0.3 is 9.97 Å². The van der Waals surface area contributed by atoms with Crippen molar-refractivity contribution in [3.63, 3.8) is 0 Å². The molecule has 308 valence electrons. The number of aromatic nitrogens is 6. The Bertz CT molecular complexity index is 2700. The normalized spacial score (nSPS) is 11.3. The third kappa shape index (κ3) is 7.18. The number of rotatable bonds is 0. The number of nitrogens with zero attached hydrogens (tertiary/aromatic N) is 2. The summed E-state index contributed by atoms with van der Waals surface area (Å²) >= 11 is 0. The second-order valence-electron chi connectivity index (χ2n) is 17.4. The summed E-state index contributed by atoms with van der Waals surface area (Å²) in [5, 5.41) is 20.3. The Kier molecular flexibility index (Phi) is 12.3. The molecule has 0 amide bonds. The fraction of sp³-hybridized carbons (Fsp3) is 0.423. The second kappa shape index (κ2) is 16.3. The number of hydrogen-bond acceptors (Lipinski definition) is 2. The van der Waals surface area contributed by atoms with Crippen LogP contribution in [0, 0.1) is 152 Å². The van der Waals surface area contributed by atoms with Crippen LogP contribution >= 0.6 is 0 Å². The number of fused-ring (bicyclic) bond motifs is 4. The predicted molar refractivity (Wildman–Crippen MR) is 253 cm³/mol. The molecule has 0 fully saturated rings. The predicted octanol–water partition coefficient (Wildman–Crippen LogP) is 14.2. The van der Waals surface area contributed by atoms with Crippen molar-refractivity contribution < 1.29 is 0 Å². The molecule has 0 aliphatic rings. The second-order valence-corrected chi connectivity index (χ2v) is 17.4. The molecule has 0 bridgehead atoms. The number of nitrogens with one attached hydrogen (secondary N) is 4. The first-order valence-electron chi connectivity index (χ1n) is 20.9. The molecule has 0 aliphatic carbocycles. The van der Waals surface area contributed by atoms with Crippen molar-refractivity contribution in [1.29, 1.82) is 0 Å². The first-order chi connectivity index (χ1) is 27.0. The molecule has 0 saturated carbocycles. The van der Waals surface area contributed by atoms with Crippen LogP contribution < -0.4 is 0 Å². The fourth-order valence-electron chi connectivity index (χ4n) is 8.99. The Morgan fingerprint density at radius 1 is 0.224 bits per heavy atom. The quantitative estimate of drug-likeness (QED) is 0.123. The summed E-state index contributed by atoms with van der Waals surface area (Å²) in [7, 11) is 0. The summed E-state index contributed by atoms with van der Waals surface area (Å²) in [5.74, 6) is 0. The van der Waals surface area contributed by atoms with E-state index in [4.69, 9.17) is 0 Å². The third-order valence-electron chi connectivity index (χ3n) is 14.6. The van der Waals surface area contributed by atoms with Crippen LogP contribution in [0.3, 0.4) is 0 Å². The Labute approximate surface area is 348 Å². The average molecular weight is 779 g/mol. The van der Waals surface area contributed by atoms with Gasteiger partial charge in [-0.2, -0.15) is 10.2 Å². The van der Waals surface area contributed by atoms with Crippen LogP contribution in [-0.2, 0) is 0 Å². The lowest BCUT2D eigenvalue weighted by Crippen LogP contribution is -1.93. The van der Waals surface area contributed by atoms with Gasteiger partial charge in [-0.05, 0) is 252 Å². The molecule has 4 N–H and O–H groups in total. The number of aryl methyl sites for hydroxylation is 14. The molecule has 6 heteroatoms. The van der Waals surface area contributed by atoms with E-state index in [-0.39, 0.29) is 0 Å². The molecule has 0 aliphatic heterocycles. The fourth-order valence-corrected chi connectivity index (χ4v) is 8.99. The molecule has 6 nitrogen and oxygen atoms in total. The van der Waals surface area contributed by atoms with Crippen LogP contribution in [0.1, 0.15) is 123 Å². The molecular weight excluding hydrogens is 709 g/mol. The Morgan fingerprint density at radius 2 is 0.466 bits per heavy atom. The van der Waals surface area contributed by atoms with Gasteiger partial charge in [0.2, 0.25) is 0 Å². The summed E-state index contributed by atoms with van der Waals surface area (Å²) in [4.78, 5) is 7.01. The zero-order valence-electron chi connectivity index (χ0n) is 39.9. The van der Waals surface area contributed by atoms with Gasteiger partial charge in [0, 0.05) is 55.4 Å². The first kappa shape index (κ1) is 44.0. The first-order valence-corrected chi connectivity index (χ1v) is 20.9. The monoisotopic (exact) mass is 779 g/mol. The number of aromatic amines is 4. The van der Waals surface area contributed by atoms with Gasteiger partial charge in [-0.25, -0.2) is 0 Å². The highest BCUT2D eigenvalue weighted by molar-refractivity contribution is 5.93. The van der Waals surface area contributed by atoms with Gasteiger partial charge in [0.25, 0.3) is 0 Å². The van der Waals surface area contributed by atoms with Crippen molar-refractivity contribution in [3.05, 3.63) is 123 Å². The Balaban J connectivity index is 0.000000147. The molecule has 4 heterocycles. The van der Waals surface area contributed by atoms with E-state index in [1.807, 2.05) is 0 Å². The summed E-state index contributed by atoms with van der Waals surface area (Å²) in [6, 6.07) is 0. The summed E-state index contributed by atoms with van der Waals surface area (Å²) < 4.78 is 0. The van der Waals surface area contributed by atoms with Crippen molar-refractivity contribution in [2.24, 2.45) is 0 Å². The zero-order chi connectivity index (χ0) is 43.6. The van der Waals surface area contributed by atoms with E-state index >= 15 is 0 Å². The zero-order valence-corrected chi connectivity index (χ0v) is 39.9. The molecule has 0 radical (unpaired) electrons. The Morgan fingerprint density at radius 3 is 0.759 bits per heavy atom. The maximum absolute atomic E-state index is 4.36. The van der Waals surface area contributed by atoms with E-state index in [2.05, 4.69) is 183 Å². The lowest BCUT2D eigenvalue weighted by atomic mass is 9.94. The standard InChI is InChI=1S/2C14H19N.2C12H16N2/c2*1-7-8(2)10(4)14-13(9(7)3)11(5)12(6)15-14;2*1-6-7(2)9(4)12-11(8(6)3)10(5)13-14-12/h2*15H,1-6H3;2*1-5H3,(H,13,14). The summed E-state index contributed by atoms with van der Waals surface area (Å²) in [5.41, 5.74) is 34.8. The molecule has 4 aromatic heterocycles. The molecule has 4 aromatic carbocycles. The maximum atomic E-state index is 4.36. The average Bonchev–Trinajstić information content (AvgIpc) is 3.95. The van der Waals surface area contributed by atoms with Gasteiger partial charge in [-0.3, -0.25) is 10.2 Å². The minimum Gasteiger partial charge on any atom is -0.358 e. The molecule has 0 unspecified atom stereocenters. The lowest BCUT2D eigenvalue weighted by Gasteiger charge is -2.11. The van der Waals surface area contributed by atoms with Crippen LogP contribution in [0.15, 0.2) is 0 Å². The van der Waals surface area contributed by atoms with Crippen molar-refractivity contribution in [2.75, 3.05) is 0 Å². The molecule has 0 saturated heterocycles. The van der Waals surface area contributed by atoms with E-state index in [0.717, 1.165) is 11.0 Å². The topological polar surface area (TPSA) is 88.9 Å². The molecule has 58 heavy (non-hydrogen) atoms. The van der Waals surface area contributed by atoms with E-state index in [0.29, 0.717) is 0 Å². The van der Waals surface area contributed by atoms with E-state index < -0.39 is 0 Å². The van der Waals surface area contributed by atoms with Crippen molar-refractivity contribution in [3.8, 4) is 0 Å². The van der Waals surface area contributed by atoms with E-state index in [9.17, 15) is 0 Å². The Hall–Kier alpha value is -5.10. The largest absolute Gasteiger partial charge is 0.358 e. The highest BCUT2D eigenvalue weighted by atomic mass is 15.1. The van der Waals surface area contributed by atoms with Crippen molar-refractivity contribution in [2.45, 2.75) is 152 Å². The van der Waals surface area contributed by atoms with Crippen LogP contribution in [0.4, 0.5) is 0 Å². The van der Waals surface area contributed by atoms with Crippen LogP contribution in [0.2, 0.25) is 0 Å². The van der Waals surface area contributed by atoms with Crippen LogP contribution in [0.25, 0.3) is 43.6 Å². The lowest BCUT2D eigenvalue weighted by molar-refractivity contribution is 1.06. The summed E-state index contributed by atoms with van der Waals surface area (Å²) in [6.07, 6.45) is 0. The van der Waals surface area contributed by atoms with Gasteiger partial charge in [0.15, 0.2) is 0 Å². The minimum absolute atomic E-state index is 1.13.